The predicted molar refractivity (Wildman–Crippen MR) is 60.6 cm³/mol. The summed E-state index contributed by atoms with van der Waals surface area (Å²) in [6.07, 6.45) is 3.50. The molecule has 0 aromatic carbocycles. The summed E-state index contributed by atoms with van der Waals surface area (Å²) < 4.78 is 15.1. The van der Waals surface area contributed by atoms with Gasteiger partial charge in [0.15, 0.2) is 0 Å². The van der Waals surface area contributed by atoms with Crippen LogP contribution in [0.4, 0.5) is 4.39 Å². The third-order valence-corrected chi connectivity index (χ3v) is 3.62. The van der Waals surface area contributed by atoms with E-state index in [1.807, 2.05) is 17.7 Å². The van der Waals surface area contributed by atoms with Gasteiger partial charge in [0.25, 0.3) is 0 Å². The summed E-state index contributed by atoms with van der Waals surface area (Å²) in [5.41, 5.74) is 7.94. The fourth-order valence-corrected chi connectivity index (χ4v) is 2.42. The van der Waals surface area contributed by atoms with E-state index in [-0.39, 0.29) is 11.2 Å². The van der Waals surface area contributed by atoms with E-state index in [1.54, 1.807) is 0 Å². The van der Waals surface area contributed by atoms with Crippen molar-refractivity contribution in [3.05, 3.63) is 29.8 Å². The number of pyridine rings is 1. The van der Waals surface area contributed by atoms with Gasteiger partial charge in [-0.05, 0) is 25.0 Å². The van der Waals surface area contributed by atoms with Gasteiger partial charge in [-0.2, -0.15) is 0 Å². The zero-order valence-corrected chi connectivity index (χ0v) is 9.20. The third kappa shape index (κ3) is 1.19. The van der Waals surface area contributed by atoms with Gasteiger partial charge in [-0.3, -0.25) is 0 Å². The second-order valence-corrected chi connectivity index (χ2v) is 4.64. The number of fused-ring (bicyclic) bond motifs is 1. The molecule has 0 amide bonds. The molecule has 0 radical (unpaired) electrons. The van der Waals surface area contributed by atoms with Gasteiger partial charge < -0.3 is 10.3 Å². The van der Waals surface area contributed by atoms with Gasteiger partial charge in [0.1, 0.15) is 11.5 Å². The number of aromatic nitrogens is 2. The van der Waals surface area contributed by atoms with E-state index in [1.165, 1.54) is 18.0 Å². The Morgan fingerprint density at radius 1 is 1.50 bits per heavy atom. The molecule has 0 saturated heterocycles. The maximum atomic E-state index is 13.1. The predicted octanol–water partition coefficient (Wildman–Crippen LogP) is 1.70. The highest BCUT2D eigenvalue weighted by molar-refractivity contribution is 5.78. The highest BCUT2D eigenvalue weighted by atomic mass is 19.1. The highest BCUT2D eigenvalue weighted by Crippen LogP contribution is 2.48. The lowest BCUT2D eigenvalue weighted by atomic mass is 10.0. The second-order valence-electron chi connectivity index (χ2n) is 4.64. The van der Waals surface area contributed by atoms with Crippen LogP contribution in [0.3, 0.4) is 0 Å². The highest BCUT2D eigenvalue weighted by Gasteiger charge is 2.45. The van der Waals surface area contributed by atoms with Crippen LogP contribution in [0.2, 0.25) is 0 Å². The molecule has 0 unspecified atom stereocenters. The first-order valence-electron chi connectivity index (χ1n) is 5.48. The Labute approximate surface area is 93.1 Å². The van der Waals surface area contributed by atoms with Crippen LogP contribution in [0.5, 0.6) is 0 Å². The molecule has 84 valence electrons. The van der Waals surface area contributed by atoms with Crippen LogP contribution in [0, 0.1) is 5.82 Å². The van der Waals surface area contributed by atoms with Crippen molar-refractivity contribution < 1.29 is 4.39 Å². The quantitative estimate of drug-likeness (QED) is 0.835. The lowest BCUT2D eigenvalue weighted by Gasteiger charge is -2.13. The molecule has 1 saturated carbocycles. The molecule has 16 heavy (non-hydrogen) atoms. The molecular weight excluding hydrogens is 205 g/mol. The average molecular weight is 219 g/mol. The van der Waals surface area contributed by atoms with E-state index < -0.39 is 0 Å². The zero-order valence-electron chi connectivity index (χ0n) is 9.20. The van der Waals surface area contributed by atoms with Crippen LogP contribution in [0.15, 0.2) is 18.3 Å². The minimum Gasteiger partial charge on any atom is -0.332 e. The first-order valence-corrected chi connectivity index (χ1v) is 5.48. The molecule has 0 spiro atoms. The lowest BCUT2D eigenvalue weighted by molar-refractivity contribution is 0.622. The molecule has 2 heterocycles. The number of hydrogen-bond acceptors (Lipinski definition) is 2. The smallest absolute Gasteiger partial charge is 0.142 e. The minimum absolute atomic E-state index is 0.117. The van der Waals surface area contributed by atoms with Crippen LogP contribution < -0.4 is 5.73 Å². The Morgan fingerprint density at radius 2 is 2.25 bits per heavy atom. The molecule has 0 bridgehead atoms. The number of halogens is 1. The molecule has 2 aromatic rings. The fourth-order valence-electron chi connectivity index (χ4n) is 2.42. The third-order valence-electron chi connectivity index (χ3n) is 3.62. The van der Waals surface area contributed by atoms with Crippen molar-refractivity contribution in [3.63, 3.8) is 0 Å². The molecule has 2 aromatic heterocycles. The summed E-state index contributed by atoms with van der Waals surface area (Å²) in [6, 6.07) is 3.55. The van der Waals surface area contributed by atoms with Crippen LogP contribution in [0.25, 0.3) is 11.0 Å². The normalized spacial score (nSPS) is 17.9. The van der Waals surface area contributed by atoms with Crippen molar-refractivity contribution in [2.75, 3.05) is 6.54 Å². The summed E-state index contributed by atoms with van der Waals surface area (Å²) >= 11 is 0. The molecule has 1 fully saturated rings. The van der Waals surface area contributed by atoms with Crippen molar-refractivity contribution in [1.82, 2.24) is 9.55 Å². The van der Waals surface area contributed by atoms with Gasteiger partial charge in [-0.1, -0.05) is 0 Å². The van der Waals surface area contributed by atoms with Gasteiger partial charge in [0.05, 0.1) is 6.20 Å². The van der Waals surface area contributed by atoms with Crippen molar-refractivity contribution in [1.29, 1.82) is 0 Å². The van der Waals surface area contributed by atoms with Gasteiger partial charge in [0, 0.05) is 30.1 Å². The molecule has 4 heteroatoms. The number of rotatable bonds is 2. The van der Waals surface area contributed by atoms with E-state index >= 15 is 0 Å². The van der Waals surface area contributed by atoms with Crippen molar-refractivity contribution in [2.45, 2.75) is 18.3 Å². The molecule has 3 nitrogen and oxygen atoms in total. The summed E-state index contributed by atoms with van der Waals surface area (Å²) in [6.45, 7) is 0.652. The van der Waals surface area contributed by atoms with Crippen LogP contribution >= 0.6 is 0 Å². The van der Waals surface area contributed by atoms with E-state index in [2.05, 4.69) is 4.98 Å². The zero-order chi connectivity index (χ0) is 11.3. The van der Waals surface area contributed by atoms with Gasteiger partial charge >= 0.3 is 0 Å². The van der Waals surface area contributed by atoms with Gasteiger partial charge in [0.2, 0.25) is 0 Å². The lowest BCUT2D eigenvalue weighted by Crippen LogP contribution is -2.22. The Bertz CT molecular complexity index is 555. The van der Waals surface area contributed by atoms with Crippen molar-refractivity contribution >= 4 is 11.0 Å². The first kappa shape index (κ1) is 9.78. The van der Waals surface area contributed by atoms with E-state index in [4.69, 9.17) is 5.73 Å². The molecule has 0 atom stereocenters. The minimum atomic E-state index is -0.290. The second kappa shape index (κ2) is 3.04. The first-order chi connectivity index (χ1) is 7.66. The molecule has 3 rings (SSSR count). The van der Waals surface area contributed by atoms with Crippen LogP contribution in [0.1, 0.15) is 18.5 Å². The van der Waals surface area contributed by atoms with Gasteiger partial charge in [-0.15, -0.1) is 0 Å². The summed E-state index contributed by atoms with van der Waals surface area (Å²) in [5.74, 6) is -0.290. The Balaban J connectivity index is 2.23. The van der Waals surface area contributed by atoms with E-state index in [0.29, 0.717) is 6.54 Å². The number of hydrogen-bond donors (Lipinski definition) is 1. The Kier molecular flexibility index (Phi) is 1.86. The van der Waals surface area contributed by atoms with E-state index in [9.17, 15) is 4.39 Å². The summed E-state index contributed by atoms with van der Waals surface area (Å²) in [4.78, 5) is 4.12. The average Bonchev–Trinajstić information content (AvgIpc) is 3.00. The molecule has 2 N–H and O–H groups in total. The number of nitrogens with zero attached hydrogens (tertiary/aromatic N) is 2. The van der Waals surface area contributed by atoms with E-state index in [0.717, 1.165) is 23.9 Å². The van der Waals surface area contributed by atoms with Crippen LogP contribution in [-0.2, 0) is 12.5 Å². The number of nitrogens with two attached hydrogens (primary N) is 1. The number of aryl methyl sites for hydroxylation is 1. The molecule has 1 aliphatic rings. The van der Waals surface area contributed by atoms with Crippen LogP contribution in [-0.4, -0.2) is 16.1 Å². The molecule has 1 aliphatic carbocycles. The largest absolute Gasteiger partial charge is 0.332 e. The fraction of sp³-hybridized carbons (Fsp3) is 0.417. The maximum Gasteiger partial charge on any atom is 0.142 e. The Hall–Kier alpha value is -1.42. The topological polar surface area (TPSA) is 43.8 Å². The van der Waals surface area contributed by atoms with Crippen molar-refractivity contribution in [3.8, 4) is 0 Å². The van der Waals surface area contributed by atoms with Gasteiger partial charge in [-0.25, -0.2) is 9.37 Å². The monoisotopic (exact) mass is 219 g/mol. The molecular formula is C12H14FN3. The standard InChI is InChI=1S/C12H14FN3/c1-16-10(12(7-14)2-3-12)5-8-4-9(13)6-15-11(8)16/h4-6H,2-3,7,14H2,1H3. The summed E-state index contributed by atoms with van der Waals surface area (Å²) in [5, 5.41) is 0.859. The summed E-state index contributed by atoms with van der Waals surface area (Å²) in [7, 11) is 1.97. The maximum absolute atomic E-state index is 13.1. The Morgan fingerprint density at radius 3 is 2.88 bits per heavy atom. The van der Waals surface area contributed by atoms with Crippen molar-refractivity contribution in [2.24, 2.45) is 12.8 Å². The molecule has 0 aliphatic heterocycles. The SMILES string of the molecule is Cn1c(C2(CN)CC2)cc2cc(F)cnc21.